The molecule has 0 spiro atoms. The molecule has 142 valence electrons. The summed E-state index contributed by atoms with van der Waals surface area (Å²) in [7, 11) is 1.36. The number of aromatic nitrogens is 1. The maximum Gasteiger partial charge on any atom is 0.433 e. The lowest BCUT2D eigenvalue weighted by Crippen LogP contribution is -2.45. The summed E-state index contributed by atoms with van der Waals surface area (Å²) >= 11 is 0. The average molecular weight is 373 g/mol. The average Bonchev–Trinajstić information content (AvgIpc) is 2.60. The van der Waals surface area contributed by atoms with Crippen LogP contribution in [0.1, 0.15) is 28.9 Å². The van der Waals surface area contributed by atoms with Gasteiger partial charge in [-0.2, -0.15) is 13.2 Å². The highest BCUT2D eigenvalue weighted by atomic mass is 19.4. The van der Waals surface area contributed by atoms with E-state index in [4.69, 9.17) is 5.11 Å². The number of nitrogens with zero attached hydrogens (tertiary/aromatic N) is 3. The highest BCUT2D eigenvalue weighted by Gasteiger charge is 2.32. The Morgan fingerprint density at radius 2 is 1.88 bits per heavy atom. The van der Waals surface area contributed by atoms with E-state index in [1.54, 1.807) is 0 Å². The van der Waals surface area contributed by atoms with Crippen molar-refractivity contribution in [3.63, 3.8) is 0 Å². The van der Waals surface area contributed by atoms with Crippen molar-refractivity contribution in [1.82, 2.24) is 14.8 Å². The van der Waals surface area contributed by atoms with E-state index in [2.05, 4.69) is 4.98 Å². The van der Waals surface area contributed by atoms with Crippen LogP contribution in [0.2, 0.25) is 0 Å². The highest BCUT2D eigenvalue weighted by molar-refractivity contribution is 5.96. The summed E-state index contributed by atoms with van der Waals surface area (Å²) < 4.78 is 37.5. The second kappa shape index (κ2) is 7.71. The first-order valence-electron chi connectivity index (χ1n) is 7.89. The van der Waals surface area contributed by atoms with Gasteiger partial charge in [0, 0.05) is 26.3 Å². The summed E-state index contributed by atoms with van der Waals surface area (Å²) in [5.74, 6) is -2.33. The van der Waals surface area contributed by atoms with Crippen molar-refractivity contribution < 1.29 is 32.7 Å². The van der Waals surface area contributed by atoms with Crippen LogP contribution in [0, 0.1) is 5.92 Å². The van der Waals surface area contributed by atoms with E-state index in [9.17, 15) is 27.6 Å². The number of likely N-dealkylation sites (tertiary alicyclic amines) is 1. The Morgan fingerprint density at radius 3 is 2.35 bits per heavy atom. The minimum Gasteiger partial charge on any atom is -0.481 e. The zero-order chi connectivity index (χ0) is 19.5. The number of amides is 2. The minimum absolute atomic E-state index is 0.0575. The van der Waals surface area contributed by atoms with Crippen LogP contribution >= 0.6 is 0 Å². The molecule has 26 heavy (non-hydrogen) atoms. The van der Waals surface area contributed by atoms with Crippen LogP contribution < -0.4 is 0 Å². The van der Waals surface area contributed by atoms with Crippen molar-refractivity contribution in [2.75, 3.05) is 26.7 Å². The maximum atomic E-state index is 12.5. The van der Waals surface area contributed by atoms with Gasteiger partial charge >= 0.3 is 12.1 Å². The number of carboxylic acids is 1. The van der Waals surface area contributed by atoms with E-state index in [-0.39, 0.29) is 18.0 Å². The molecule has 1 aliphatic rings. The SMILES string of the molecule is CN(CC(=O)N1CCC(C(=O)O)CC1)C(=O)c1ccc(C(F)(F)F)nc1. The van der Waals surface area contributed by atoms with E-state index >= 15 is 0 Å². The standard InChI is InChI=1S/C16H18F3N3O4/c1-21(9-13(23)22-6-4-10(5-7-22)15(25)26)14(24)11-2-3-12(20-8-11)16(17,18)19/h2-3,8,10H,4-7,9H2,1H3,(H,25,26). The molecular formula is C16H18F3N3O4. The van der Waals surface area contributed by atoms with Gasteiger partial charge in [-0.25, -0.2) is 0 Å². The van der Waals surface area contributed by atoms with E-state index in [0.717, 1.165) is 17.2 Å². The minimum atomic E-state index is -4.59. The molecule has 1 aromatic rings. The Labute approximate surface area is 147 Å². The predicted octanol–water partition coefficient (Wildman–Crippen LogP) is 1.50. The zero-order valence-corrected chi connectivity index (χ0v) is 14.0. The second-order valence-corrected chi connectivity index (χ2v) is 6.08. The molecule has 2 rings (SSSR count). The van der Waals surface area contributed by atoms with Gasteiger partial charge in [-0.1, -0.05) is 0 Å². The normalized spacial score (nSPS) is 15.6. The topological polar surface area (TPSA) is 90.8 Å². The molecule has 1 aromatic heterocycles. The van der Waals surface area contributed by atoms with Crippen LogP contribution in [0.5, 0.6) is 0 Å². The Morgan fingerprint density at radius 1 is 1.27 bits per heavy atom. The lowest BCUT2D eigenvalue weighted by atomic mass is 9.97. The molecule has 0 radical (unpaired) electrons. The molecule has 0 saturated carbocycles. The molecule has 0 aliphatic carbocycles. The molecule has 10 heteroatoms. The van der Waals surface area contributed by atoms with Gasteiger partial charge in [0.15, 0.2) is 0 Å². The fourth-order valence-electron chi connectivity index (χ4n) is 2.66. The van der Waals surface area contributed by atoms with Crippen LogP contribution in [-0.2, 0) is 15.8 Å². The van der Waals surface area contributed by atoms with Crippen molar-refractivity contribution in [3.8, 4) is 0 Å². The van der Waals surface area contributed by atoms with Gasteiger partial charge in [0.05, 0.1) is 18.0 Å². The van der Waals surface area contributed by atoms with Gasteiger partial charge in [0.1, 0.15) is 5.69 Å². The van der Waals surface area contributed by atoms with Gasteiger partial charge in [-0.3, -0.25) is 19.4 Å². The molecule has 1 N–H and O–H groups in total. The van der Waals surface area contributed by atoms with Crippen LogP contribution in [0.4, 0.5) is 13.2 Å². The first-order chi connectivity index (χ1) is 12.1. The van der Waals surface area contributed by atoms with Crippen molar-refractivity contribution in [3.05, 3.63) is 29.6 Å². The van der Waals surface area contributed by atoms with E-state index in [1.165, 1.54) is 11.9 Å². The summed E-state index contributed by atoms with van der Waals surface area (Å²) in [5, 5.41) is 8.94. The molecule has 2 amide bonds. The summed E-state index contributed by atoms with van der Waals surface area (Å²) in [5.41, 5.74) is -1.16. The summed E-state index contributed by atoms with van der Waals surface area (Å²) in [6.45, 7) is 0.330. The monoisotopic (exact) mass is 373 g/mol. The summed E-state index contributed by atoms with van der Waals surface area (Å²) in [6, 6.07) is 1.72. The number of rotatable bonds is 4. The molecule has 7 nitrogen and oxygen atoms in total. The van der Waals surface area contributed by atoms with Crippen LogP contribution in [0.15, 0.2) is 18.3 Å². The lowest BCUT2D eigenvalue weighted by Gasteiger charge is -2.31. The summed E-state index contributed by atoms with van der Waals surface area (Å²) in [4.78, 5) is 41.2. The number of piperidine rings is 1. The van der Waals surface area contributed by atoms with Crippen molar-refractivity contribution in [1.29, 1.82) is 0 Å². The third-order valence-electron chi connectivity index (χ3n) is 4.22. The molecule has 1 fully saturated rings. The quantitative estimate of drug-likeness (QED) is 0.864. The Balaban J connectivity index is 1.92. The van der Waals surface area contributed by atoms with E-state index in [0.29, 0.717) is 32.0 Å². The first kappa shape index (κ1) is 19.7. The number of carboxylic acid groups (broad SMARTS) is 1. The molecule has 0 atom stereocenters. The zero-order valence-electron chi connectivity index (χ0n) is 14.0. The van der Waals surface area contributed by atoms with Gasteiger partial charge in [0.2, 0.25) is 5.91 Å². The first-order valence-corrected chi connectivity index (χ1v) is 7.89. The van der Waals surface area contributed by atoms with E-state index < -0.39 is 29.7 Å². The van der Waals surface area contributed by atoms with Gasteiger partial charge in [0.25, 0.3) is 5.91 Å². The number of alkyl halides is 3. The smallest absolute Gasteiger partial charge is 0.433 e. The Kier molecular flexibility index (Phi) is 5.83. The van der Waals surface area contributed by atoms with Crippen LogP contribution in [0.25, 0.3) is 0 Å². The lowest BCUT2D eigenvalue weighted by molar-refractivity contribution is -0.145. The Bertz CT molecular complexity index is 683. The van der Waals surface area contributed by atoms with E-state index in [1.807, 2.05) is 0 Å². The number of carbonyl (C=O) groups is 3. The fourth-order valence-corrected chi connectivity index (χ4v) is 2.66. The highest BCUT2D eigenvalue weighted by Crippen LogP contribution is 2.27. The number of halogens is 3. The number of likely N-dealkylation sites (N-methyl/N-ethyl adjacent to an activating group) is 1. The van der Waals surface area contributed by atoms with Crippen molar-refractivity contribution in [2.24, 2.45) is 5.92 Å². The number of hydrogen-bond acceptors (Lipinski definition) is 4. The second-order valence-electron chi connectivity index (χ2n) is 6.08. The maximum absolute atomic E-state index is 12.5. The molecule has 0 bridgehead atoms. The summed E-state index contributed by atoms with van der Waals surface area (Å²) in [6.07, 6.45) is -3.07. The van der Waals surface area contributed by atoms with Gasteiger partial charge in [-0.15, -0.1) is 0 Å². The number of pyridine rings is 1. The number of aliphatic carboxylic acids is 1. The third-order valence-corrected chi connectivity index (χ3v) is 4.22. The number of carbonyl (C=O) groups excluding carboxylic acids is 2. The third kappa shape index (κ3) is 4.70. The van der Waals surface area contributed by atoms with Gasteiger partial charge in [-0.05, 0) is 25.0 Å². The number of hydrogen-bond donors (Lipinski definition) is 1. The Hall–Kier alpha value is -2.65. The largest absolute Gasteiger partial charge is 0.481 e. The van der Waals surface area contributed by atoms with Crippen LogP contribution in [-0.4, -0.2) is 64.4 Å². The van der Waals surface area contributed by atoms with Gasteiger partial charge < -0.3 is 14.9 Å². The van der Waals surface area contributed by atoms with Crippen LogP contribution in [0.3, 0.4) is 0 Å². The predicted molar refractivity (Wildman–Crippen MR) is 83.1 cm³/mol. The molecule has 2 heterocycles. The fraction of sp³-hybridized carbons (Fsp3) is 0.500. The molecule has 1 saturated heterocycles. The molecule has 0 unspecified atom stereocenters. The molecular weight excluding hydrogens is 355 g/mol. The molecule has 1 aliphatic heterocycles. The van der Waals surface area contributed by atoms with Crippen molar-refractivity contribution in [2.45, 2.75) is 19.0 Å². The van der Waals surface area contributed by atoms with Crippen molar-refractivity contribution >= 4 is 17.8 Å². The molecule has 0 aromatic carbocycles.